The number of para-hydroxylation sites is 4. The van der Waals surface area contributed by atoms with Crippen LogP contribution in [-0.2, 0) is 0 Å². The highest BCUT2D eigenvalue weighted by Gasteiger charge is 2.23. The van der Waals surface area contributed by atoms with Crippen LogP contribution in [0.5, 0.6) is 0 Å². The summed E-state index contributed by atoms with van der Waals surface area (Å²) >= 11 is 1.87. The van der Waals surface area contributed by atoms with Crippen molar-refractivity contribution in [1.29, 1.82) is 0 Å². The summed E-state index contributed by atoms with van der Waals surface area (Å²) in [6.07, 6.45) is 0. The lowest BCUT2D eigenvalue weighted by molar-refractivity contribution is 0.669. The second-order valence-electron chi connectivity index (χ2n) is 14.4. The van der Waals surface area contributed by atoms with Crippen molar-refractivity contribution in [3.05, 3.63) is 164 Å². The fraction of sp³-hybridized carbons (Fsp3) is 0. The number of nitrogens with zero attached hydrogens (tertiary/aromatic N) is 5. The summed E-state index contributed by atoms with van der Waals surface area (Å²) in [7, 11) is 0. The van der Waals surface area contributed by atoms with Crippen molar-refractivity contribution in [1.82, 2.24) is 24.1 Å². The summed E-state index contributed by atoms with van der Waals surface area (Å²) < 4.78 is 13.3. The van der Waals surface area contributed by atoms with Crippen LogP contribution in [0.25, 0.3) is 120 Å². The number of fused-ring (bicyclic) bond motifs is 16. The Labute approximate surface area is 322 Å². The molecule has 0 aliphatic heterocycles. The van der Waals surface area contributed by atoms with Crippen LogP contribution in [0.15, 0.2) is 168 Å². The maximum Gasteiger partial charge on any atom is 0.182 e. The molecule has 6 nitrogen and oxygen atoms in total. The van der Waals surface area contributed by atoms with Gasteiger partial charge in [-0.05, 0) is 65.4 Å². The zero-order chi connectivity index (χ0) is 36.5. The van der Waals surface area contributed by atoms with E-state index in [2.05, 4.69) is 132 Å². The Hall–Kier alpha value is -7.35. The van der Waals surface area contributed by atoms with Crippen molar-refractivity contribution >= 4 is 103 Å². The maximum atomic E-state index is 6.29. The lowest BCUT2D eigenvalue weighted by Crippen LogP contribution is -1.97. The SMILES string of the molecule is c1cc(-c2nc3c(-c4ccc5c(c4)oc4ccccc45)nc4ccccc4n3n2)cc(-n2c3ccccc3c3c4ccccc4c4c5ccccc5sc4c32)c1. The van der Waals surface area contributed by atoms with Crippen molar-refractivity contribution in [2.45, 2.75) is 0 Å². The van der Waals surface area contributed by atoms with Crippen LogP contribution in [0.4, 0.5) is 0 Å². The zero-order valence-electron chi connectivity index (χ0n) is 29.6. The molecule has 260 valence electrons. The highest BCUT2D eigenvalue weighted by Crippen LogP contribution is 2.48. The number of thiophene rings is 1. The predicted molar refractivity (Wildman–Crippen MR) is 231 cm³/mol. The van der Waals surface area contributed by atoms with Crippen LogP contribution in [0.3, 0.4) is 0 Å². The Morgan fingerprint density at radius 3 is 2.11 bits per heavy atom. The van der Waals surface area contributed by atoms with Crippen molar-refractivity contribution in [3.8, 4) is 28.3 Å². The standard InChI is InChI=1S/C49H27N5OS/c1-2-16-34-33(15-1)43-35-17-3-7-20-38(35)53(46(43)47-44(34)36-18-5-10-23-42(36)56-47)30-13-11-12-29(26-30)48-51-49-45(50-37-19-6-8-21-39(37)54(49)52-48)28-24-25-32-31-14-4-9-22-40(31)55-41(32)27-28/h1-27H. The molecule has 0 saturated carbocycles. The third kappa shape index (κ3) is 4.06. The molecule has 0 fully saturated rings. The summed E-state index contributed by atoms with van der Waals surface area (Å²) in [5.41, 5.74) is 10.1. The topological polar surface area (TPSA) is 61.1 Å². The summed E-state index contributed by atoms with van der Waals surface area (Å²) in [6.45, 7) is 0. The Kier molecular flexibility index (Phi) is 5.95. The number of hydrogen-bond donors (Lipinski definition) is 0. The molecule has 0 atom stereocenters. The number of furan rings is 1. The minimum Gasteiger partial charge on any atom is -0.456 e. The molecule has 0 radical (unpaired) electrons. The van der Waals surface area contributed by atoms with Crippen LogP contribution in [0.2, 0.25) is 0 Å². The van der Waals surface area contributed by atoms with Crippen LogP contribution in [0, 0.1) is 0 Å². The maximum absolute atomic E-state index is 6.29. The number of rotatable bonds is 3. The number of benzene rings is 8. The third-order valence-electron chi connectivity index (χ3n) is 11.3. The molecule has 13 rings (SSSR count). The van der Waals surface area contributed by atoms with E-state index in [1.165, 1.54) is 47.2 Å². The normalized spacial score (nSPS) is 12.3. The van der Waals surface area contributed by atoms with Crippen LogP contribution < -0.4 is 0 Å². The molecule has 0 aliphatic rings. The quantitative estimate of drug-likeness (QED) is 0.181. The minimum absolute atomic E-state index is 0.634. The lowest BCUT2D eigenvalue weighted by atomic mass is 9.99. The van der Waals surface area contributed by atoms with Gasteiger partial charge in [0.1, 0.15) is 16.9 Å². The first kappa shape index (κ1) is 30.0. The largest absolute Gasteiger partial charge is 0.456 e. The molecule has 0 saturated heterocycles. The van der Waals surface area contributed by atoms with Gasteiger partial charge in [-0.1, -0.05) is 109 Å². The van der Waals surface area contributed by atoms with E-state index in [1.54, 1.807) is 0 Å². The van der Waals surface area contributed by atoms with E-state index >= 15 is 0 Å². The second-order valence-corrected chi connectivity index (χ2v) is 15.5. The van der Waals surface area contributed by atoms with Gasteiger partial charge in [-0.15, -0.1) is 16.4 Å². The van der Waals surface area contributed by atoms with E-state index in [0.717, 1.165) is 61.0 Å². The average molecular weight is 734 g/mol. The van der Waals surface area contributed by atoms with Crippen LogP contribution >= 0.6 is 11.3 Å². The van der Waals surface area contributed by atoms with E-state index in [9.17, 15) is 0 Å². The molecule has 7 heteroatoms. The molecule has 0 bridgehead atoms. The van der Waals surface area contributed by atoms with Gasteiger partial charge in [-0.25, -0.2) is 14.5 Å². The predicted octanol–water partition coefficient (Wildman–Crippen LogP) is 13.1. The Bertz CT molecular complexity index is 3790. The van der Waals surface area contributed by atoms with Gasteiger partial charge in [0.25, 0.3) is 0 Å². The molecule has 0 aliphatic carbocycles. The zero-order valence-corrected chi connectivity index (χ0v) is 30.5. The van der Waals surface area contributed by atoms with E-state index < -0.39 is 0 Å². The second kappa shape index (κ2) is 11.1. The van der Waals surface area contributed by atoms with Crippen LogP contribution in [-0.4, -0.2) is 24.1 Å². The average Bonchev–Trinajstić information content (AvgIpc) is 4.04. The Morgan fingerprint density at radius 1 is 0.500 bits per heavy atom. The molecule has 13 aromatic rings. The first-order valence-electron chi connectivity index (χ1n) is 18.7. The van der Waals surface area contributed by atoms with Gasteiger partial charge in [0.05, 0.1) is 26.8 Å². The minimum atomic E-state index is 0.634. The van der Waals surface area contributed by atoms with Crippen molar-refractivity contribution in [3.63, 3.8) is 0 Å². The monoisotopic (exact) mass is 733 g/mol. The molecule has 0 amide bonds. The summed E-state index contributed by atoms with van der Waals surface area (Å²) in [5, 5.41) is 15.0. The summed E-state index contributed by atoms with van der Waals surface area (Å²) in [6, 6.07) is 57.6. The fourth-order valence-electron chi connectivity index (χ4n) is 8.91. The summed E-state index contributed by atoms with van der Waals surface area (Å²) in [4.78, 5) is 10.4. The molecule has 0 spiro atoms. The van der Waals surface area contributed by atoms with E-state index in [0.29, 0.717) is 11.5 Å². The van der Waals surface area contributed by atoms with Gasteiger partial charge < -0.3 is 8.98 Å². The van der Waals surface area contributed by atoms with E-state index in [1.807, 2.05) is 52.3 Å². The van der Waals surface area contributed by atoms with Crippen LogP contribution in [0.1, 0.15) is 0 Å². The molecule has 8 aromatic carbocycles. The van der Waals surface area contributed by atoms with E-state index in [-0.39, 0.29) is 0 Å². The Morgan fingerprint density at radius 2 is 1.21 bits per heavy atom. The number of hydrogen-bond acceptors (Lipinski definition) is 5. The fourth-order valence-corrected chi connectivity index (χ4v) is 10.2. The summed E-state index contributed by atoms with van der Waals surface area (Å²) in [5.74, 6) is 0.634. The van der Waals surface area contributed by atoms with E-state index in [4.69, 9.17) is 19.5 Å². The van der Waals surface area contributed by atoms with Gasteiger partial charge >= 0.3 is 0 Å². The molecular formula is C49H27N5OS. The molecular weight excluding hydrogens is 707 g/mol. The lowest BCUT2D eigenvalue weighted by Gasteiger charge is -2.11. The van der Waals surface area contributed by atoms with Gasteiger partial charge in [0.2, 0.25) is 0 Å². The third-order valence-corrected chi connectivity index (χ3v) is 12.5. The first-order valence-corrected chi connectivity index (χ1v) is 19.5. The Balaban J connectivity index is 1.06. The molecule has 0 unspecified atom stereocenters. The van der Waals surface area contributed by atoms with Gasteiger partial charge in [0.15, 0.2) is 11.5 Å². The first-order chi connectivity index (χ1) is 27.8. The molecule has 5 aromatic heterocycles. The molecule has 0 N–H and O–H groups in total. The smallest absolute Gasteiger partial charge is 0.182 e. The van der Waals surface area contributed by atoms with Crippen molar-refractivity contribution in [2.24, 2.45) is 0 Å². The highest BCUT2D eigenvalue weighted by atomic mass is 32.1. The highest BCUT2D eigenvalue weighted by molar-refractivity contribution is 7.27. The molecule has 5 heterocycles. The molecule has 56 heavy (non-hydrogen) atoms. The van der Waals surface area contributed by atoms with Gasteiger partial charge in [0, 0.05) is 53.8 Å². The van der Waals surface area contributed by atoms with Gasteiger partial charge in [-0.3, -0.25) is 0 Å². The van der Waals surface area contributed by atoms with Crippen molar-refractivity contribution < 1.29 is 4.42 Å². The van der Waals surface area contributed by atoms with Crippen molar-refractivity contribution in [2.75, 3.05) is 0 Å². The number of aromatic nitrogens is 5. The van der Waals surface area contributed by atoms with Gasteiger partial charge in [-0.2, -0.15) is 0 Å².